The summed E-state index contributed by atoms with van der Waals surface area (Å²) < 4.78 is 5.00. The Hall–Kier alpha value is -1.26. The van der Waals surface area contributed by atoms with Crippen molar-refractivity contribution in [1.29, 1.82) is 0 Å². The molecular formula is C10H20N2O3. The Bertz CT molecular complexity index is 227. The third-order valence-corrected chi connectivity index (χ3v) is 1.66. The molecule has 5 nitrogen and oxygen atoms in total. The number of esters is 1. The Morgan fingerprint density at radius 2 is 1.80 bits per heavy atom. The lowest BCUT2D eigenvalue weighted by atomic mass is 10.0. The van der Waals surface area contributed by atoms with Crippen LogP contribution < -0.4 is 11.1 Å². The van der Waals surface area contributed by atoms with Crippen LogP contribution in [-0.4, -0.2) is 24.1 Å². The molecule has 0 rings (SSSR count). The fourth-order valence-corrected chi connectivity index (χ4v) is 1.17. The van der Waals surface area contributed by atoms with E-state index in [9.17, 15) is 9.59 Å². The van der Waals surface area contributed by atoms with Gasteiger partial charge in [-0.05, 0) is 26.2 Å². The Morgan fingerprint density at radius 3 is 2.13 bits per heavy atom. The van der Waals surface area contributed by atoms with Crippen molar-refractivity contribution < 1.29 is 14.3 Å². The lowest BCUT2D eigenvalue weighted by Crippen LogP contribution is -2.45. The molecular weight excluding hydrogens is 196 g/mol. The molecule has 0 fully saturated rings. The molecule has 15 heavy (non-hydrogen) atoms. The Kier molecular flexibility index (Phi) is 5.74. The van der Waals surface area contributed by atoms with E-state index in [0.717, 1.165) is 0 Å². The summed E-state index contributed by atoms with van der Waals surface area (Å²) in [6.45, 7) is 7.43. The molecule has 0 bridgehead atoms. The molecule has 5 heteroatoms. The highest BCUT2D eigenvalue weighted by atomic mass is 16.5. The molecule has 0 aromatic carbocycles. The summed E-state index contributed by atoms with van der Waals surface area (Å²) in [5.74, 6) is -0.154. The van der Waals surface area contributed by atoms with E-state index in [0.29, 0.717) is 6.42 Å². The van der Waals surface area contributed by atoms with Gasteiger partial charge < -0.3 is 15.8 Å². The van der Waals surface area contributed by atoms with Gasteiger partial charge in [0.05, 0.1) is 6.10 Å². The van der Waals surface area contributed by atoms with Crippen molar-refractivity contribution in [3.63, 3.8) is 0 Å². The molecule has 2 amide bonds. The van der Waals surface area contributed by atoms with Gasteiger partial charge in [-0.1, -0.05) is 13.8 Å². The van der Waals surface area contributed by atoms with Crippen LogP contribution in [0.25, 0.3) is 0 Å². The highest BCUT2D eigenvalue weighted by Gasteiger charge is 2.23. The van der Waals surface area contributed by atoms with Crippen LogP contribution >= 0.6 is 0 Å². The van der Waals surface area contributed by atoms with Gasteiger partial charge in [0.15, 0.2) is 0 Å². The molecule has 0 saturated carbocycles. The number of urea groups is 1. The second-order valence-corrected chi connectivity index (χ2v) is 4.18. The molecule has 88 valence electrons. The first-order valence-corrected chi connectivity index (χ1v) is 5.09. The van der Waals surface area contributed by atoms with Crippen LogP contribution in [0.5, 0.6) is 0 Å². The van der Waals surface area contributed by atoms with Crippen LogP contribution in [0, 0.1) is 5.92 Å². The number of primary amides is 1. The minimum atomic E-state index is -0.707. The fourth-order valence-electron chi connectivity index (χ4n) is 1.17. The number of ether oxygens (including phenoxy) is 1. The summed E-state index contributed by atoms with van der Waals surface area (Å²) in [6.07, 6.45) is 0.330. The van der Waals surface area contributed by atoms with E-state index in [1.807, 2.05) is 13.8 Å². The van der Waals surface area contributed by atoms with Gasteiger partial charge in [-0.3, -0.25) is 0 Å². The average Bonchev–Trinajstić information content (AvgIpc) is 1.99. The van der Waals surface area contributed by atoms with Crippen LogP contribution in [0.15, 0.2) is 0 Å². The summed E-state index contributed by atoms with van der Waals surface area (Å²) in [4.78, 5) is 22.2. The fraction of sp³-hybridized carbons (Fsp3) is 0.800. The zero-order valence-corrected chi connectivity index (χ0v) is 9.74. The second kappa shape index (κ2) is 6.27. The van der Waals surface area contributed by atoms with Crippen molar-refractivity contribution in [3.8, 4) is 0 Å². The lowest BCUT2D eigenvalue weighted by Gasteiger charge is -2.19. The number of carbonyl (C=O) groups excluding carboxylic acids is 2. The van der Waals surface area contributed by atoms with E-state index in [2.05, 4.69) is 5.32 Å². The van der Waals surface area contributed by atoms with Gasteiger partial charge >= 0.3 is 12.0 Å². The predicted octanol–water partition coefficient (Wildman–Crippen LogP) is 1.02. The van der Waals surface area contributed by atoms with Crippen LogP contribution in [0.1, 0.15) is 34.1 Å². The van der Waals surface area contributed by atoms with Crippen molar-refractivity contribution in [2.45, 2.75) is 46.3 Å². The highest BCUT2D eigenvalue weighted by Crippen LogP contribution is 2.07. The van der Waals surface area contributed by atoms with Crippen LogP contribution in [0.2, 0.25) is 0 Å². The molecule has 1 unspecified atom stereocenters. The first kappa shape index (κ1) is 13.7. The number of rotatable bonds is 5. The van der Waals surface area contributed by atoms with Gasteiger partial charge in [0.25, 0.3) is 0 Å². The van der Waals surface area contributed by atoms with Gasteiger partial charge in [0, 0.05) is 0 Å². The maximum Gasteiger partial charge on any atom is 0.328 e. The maximum atomic E-state index is 11.5. The Balaban J connectivity index is 4.33. The van der Waals surface area contributed by atoms with E-state index in [1.54, 1.807) is 13.8 Å². The summed E-state index contributed by atoms with van der Waals surface area (Å²) >= 11 is 0. The molecule has 0 aliphatic carbocycles. The SMILES string of the molecule is CC(C)CC(NC(N)=O)C(=O)OC(C)C. The maximum absolute atomic E-state index is 11.5. The van der Waals surface area contributed by atoms with Crippen LogP contribution in [0.4, 0.5) is 4.79 Å². The minimum absolute atomic E-state index is 0.193. The zero-order valence-electron chi connectivity index (χ0n) is 9.74. The first-order valence-electron chi connectivity index (χ1n) is 5.09. The molecule has 0 saturated heterocycles. The van der Waals surface area contributed by atoms with E-state index in [1.165, 1.54) is 0 Å². The highest BCUT2D eigenvalue weighted by molar-refractivity contribution is 5.82. The summed E-state index contributed by atoms with van der Waals surface area (Å²) in [5.41, 5.74) is 4.98. The Labute approximate surface area is 90.4 Å². The van der Waals surface area contributed by atoms with E-state index >= 15 is 0 Å². The van der Waals surface area contributed by atoms with Gasteiger partial charge in [-0.25, -0.2) is 9.59 Å². The molecule has 0 aliphatic heterocycles. The van der Waals surface area contributed by atoms with Gasteiger partial charge in [0.1, 0.15) is 6.04 Å². The third kappa shape index (κ3) is 6.76. The third-order valence-electron chi connectivity index (χ3n) is 1.66. The quantitative estimate of drug-likeness (QED) is 0.673. The molecule has 0 spiro atoms. The molecule has 0 radical (unpaired) electrons. The first-order chi connectivity index (χ1) is 6.82. The normalized spacial score (nSPS) is 12.7. The van der Waals surface area contributed by atoms with Crippen molar-refractivity contribution in [1.82, 2.24) is 5.32 Å². The number of hydrogen-bond donors (Lipinski definition) is 2. The molecule has 0 heterocycles. The average molecular weight is 216 g/mol. The van der Waals surface area contributed by atoms with Gasteiger partial charge in [0.2, 0.25) is 0 Å². The molecule has 1 atom stereocenters. The Morgan fingerprint density at radius 1 is 1.27 bits per heavy atom. The smallest absolute Gasteiger partial charge is 0.328 e. The molecule has 0 aromatic heterocycles. The van der Waals surface area contributed by atoms with E-state index in [4.69, 9.17) is 10.5 Å². The molecule has 0 aliphatic rings. The number of amides is 2. The predicted molar refractivity (Wildman–Crippen MR) is 57.2 cm³/mol. The minimum Gasteiger partial charge on any atom is -0.461 e. The second-order valence-electron chi connectivity index (χ2n) is 4.18. The summed E-state index contributed by atoms with van der Waals surface area (Å²) in [5, 5.41) is 2.38. The molecule has 0 aromatic rings. The summed E-state index contributed by atoms with van der Waals surface area (Å²) in [6, 6.07) is -1.36. The van der Waals surface area contributed by atoms with Crippen molar-refractivity contribution in [2.75, 3.05) is 0 Å². The molecule has 3 N–H and O–H groups in total. The number of nitrogens with one attached hydrogen (secondary N) is 1. The summed E-state index contributed by atoms with van der Waals surface area (Å²) in [7, 11) is 0. The van der Waals surface area contributed by atoms with E-state index < -0.39 is 18.0 Å². The van der Waals surface area contributed by atoms with Crippen molar-refractivity contribution in [3.05, 3.63) is 0 Å². The van der Waals surface area contributed by atoms with Crippen LogP contribution in [0.3, 0.4) is 0 Å². The largest absolute Gasteiger partial charge is 0.461 e. The van der Waals surface area contributed by atoms with Crippen molar-refractivity contribution >= 4 is 12.0 Å². The number of hydrogen-bond acceptors (Lipinski definition) is 3. The zero-order chi connectivity index (χ0) is 12.0. The lowest BCUT2D eigenvalue weighted by molar-refractivity contribution is -0.150. The number of carbonyl (C=O) groups is 2. The van der Waals surface area contributed by atoms with Gasteiger partial charge in [-0.2, -0.15) is 0 Å². The standard InChI is InChI=1S/C10H20N2O3/c1-6(2)5-8(12-10(11)14)9(13)15-7(3)4/h6-8H,5H2,1-4H3,(H3,11,12,14). The van der Waals surface area contributed by atoms with Crippen molar-refractivity contribution in [2.24, 2.45) is 11.7 Å². The van der Waals surface area contributed by atoms with Gasteiger partial charge in [-0.15, -0.1) is 0 Å². The number of nitrogens with two attached hydrogens (primary N) is 1. The topological polar surface area (TPSA) is 81.4 Å². The van der Waals surface area contributed by atoms with Crippen LogP contribution in [-0.2, 0) is 9.53 Å². The monoisotopic (exact) mass is 216 g/mol. The van der Waals surface area contributed by atoms with E-state index in [-0.39, 0.29) is 12.0 Å².